The van der Waals surface area contributed by atoms with Crippen LogP contribution >= 0.6 is 11.8 Å². The van der Waals surface area contributed by atoms with Crippen LogP contribution in [0.2, 0.25) is 0 Å². The van der Waals surface area contributed by atoms with Crippen LogP contribution in [0.3, 0.4) is 0 Å². The Hall–Kier alpha value is 0.310. The summed E-state index contributed by atoms with van der Waals surface area (Å²) < 4.78 is 0.268. The summed E-state index contributed by atoms with van der Waals surface area (Å²) in [4.78, 5) is 0. The van der Waals surface area contributed by atoms with Crippen molar-refractivity contribution in [2.45, 2.75) is 32.4 Å². The highest BCUT2D eigenvalue weighted by Crippen LogP contribution is 2.31. The molecule has 0 aliphatic heterocycles. The molecule has 0 N–H and O–H groups in total. The van der Waals surface area contributed by atoms with Gasteiger partial charge in [0.2, 0.25) is 0 Å². The van der Waals surface area contributed by atoms with Crippen molar-refractivity contribution in [3.05, 3.63) is 0 Å². The molecule has 0 saturated carbocycles. The zero-order chi connectivity index (χ0) is 8.20. The summed E-state index contributed by atoms with van der Waals surface area (Å²) in [7, 11) is 0. The van der Waals surface area contributed by atoms with E-state index >= 15 is 0 Å². The molecule has 61 valence electrons. The number of hydrogen-bond donors (Lipinski definition) is 0. The van der Waals surface area contributed by atoms with Crippen LogP contribution in [0.4, 0.5) is 0 Å². The Balaban J connectivity index is 3.63. The van der Waals surface area contributed by atoms with Crippen LogP contribution in [0.5, 0.6) is 0 Å². The van der Waals surface area contributed by atoms with Gasteiger partial charge in [0.15, 0.2) is 0 Å². The van der Waals surface area contributed by atoms with E-state index in [4.69, 9.17) is 0 Å². The Bertz CT molecular complexity index is 89.3. The van der Waals surface area contributed by atoms with Gasteiger partial charge in [-0.3, -0.25) is 0 Å². The molecule has 0 fully saturated rings. The summed E-state index contributed by atoms with van der Waals surface area (Å²) in [5, 5.41) is 10.2. The van der Waals surface area contributed by atoms with Gasteiger partial charge in [-0.1, -0.05) is 27.7 Å². The molecule has 0 aromatic heterocycles. The summed E-state index contributed by atoms with van der Waals surface area (Å²) >= 11 is 1.77. The third-order valence-corrected chi connectivity index (χ3v) is 3.53. The molecule has 0 bridgehead atoms. The third kappa shape index (κ3) is 3.47. The van der Waals surface area contributed by atoms with Crippen molar-refractivity contribution in [2.75, 3.05) is 12.4 Å². The average Bonchev–Trinajstić information content (AvgIpc) is 1.84. The topological polar surface area (TPSA) is 19.9 Å². The molecule has 0 spiro atoms. The summed E-state index contributed by atoms with van der Waals surface area (Å²) in [6, 6.07) is 0. The van der Waals surface area contributed by atoms with Gasteiger partial charge in [0, 0.05) is 10.5 Å². The van der Waals surface area contributed by atoms with Crippen LogP contribution in [-0.2, 0) is 5.11 Å². The van der Waals surface area contributed by atoms with E-state index in [0.717, 1.165) is 5.75 Å². The second kappa shape index (κ2) is 4.24. The standard InChI is InChI=1S/C8H17OS/c1-7(2)8(3,4)10-6-5-9/h7H,5-6H2,1-4H3. The quantitative estimate of drug-likeness (QED) is 0.620. The number of thioether (sulfide) groups is 1. The van der Waals surface area contributed by atoms with Gasteiger partial charge in [-0.05, 0) is 5.92 Å². The van der Waals surface area contributed by atoms with Crippen molar-refractivity contribution in [3.63, 3.8) is 0 Å². The molecule has 0 aromatic rings. The maximum Gasteiger partial charge on any atom is 0.0912 e. The van der Waals surface area contributed by atoms with E-state index < -0.39 is 0 Å². The molecule has 0 heterocycles. The molecule has 0 aliphatic rings. The largest absolute Gasteiger partial charge is 0.236 e. The third-order valence-electron chi connectivity index (χ3n) is 1.95. The summed E-state index contributed by atoms with van der Waals surface area (Å²) in [6.45, 7) is 8.81. The van der Waals surface area contributed by atoms with E-state index in [0.29, 0.717) is 5.92 Å². The summed E-state index contributed by atoms with van der Waals surface area (Å²) in [5.74, 6) is 1.38. The van der Waals surface area contributed by atoms with E-state index in [-0.39, 0.29) is 11.4 Å². The second-order valence-electron chi connectivity index (χ2n) is 3.31. The first-order valence-electron chi connectivity index (χ1n) is 3.72. The molecule has 0 atom stereocenters. The average molecular weight is 161 g/mol. The Morgan fingerprint density at radius 1 is 1.40 bits per heavy atom. The van der Waals surface area contributed by atoms with Gasteiger partial charge in [0.1, 0.15) is 0 Å². The molecule has 0 rings (SSSR count). The van der Waals surface area contributed by atoms with E-state index in [1.807, 2.05) is 0 Å². The van der Waals surface area contributed by atoms with Gasteiger partial charge < -0.3 is 0 Å². The first kappa shape index (κ1) is 10.3. The van der Waals surface area contributed by atoms with Crippen LogP contribution < -0.4 is 0 Å². The lowest BCUT2D eigenvalue weighted by Crippen LogP contribution is -2.23. The minimum Gasteiger partial charge on any atom is -0.236 e. The van der Waals surface area contributed by atoms with E-state index in [1.165, 1.54) is 0 Å². The lowest BCUT2D eigenvalue weighted by atomic mass is 10.00. The molecule has 2 heteroatoms. The van der Waals surface area contributed by atoms with E-state index in [1.54, 1.807) is 11.8 Å². The molecular formula is C8H17OS. The van der Waals surface area contributed by atoms with Crippen LogP contribution in [0.1, 0.15) is 27.7 Å². The maximum atomic E-state index is 10.2. The van der Waals surface area contributed by atoms with E-state index in [2.05, 4.69) is 27.7 Å². The molecule has 0 saturated heterocycles. The van der Waals surface area contributed by atoms with Crippen LogP contribution in [0.25, 0.3) is 0 Å². The first-order chi connectivity index (χ1) is 4.50. The molecule has 0 amide bonds. The molecule has 10 heavy (non-hydrogen) atoms. The van der Waals surface area contributed by atoms with Gasteiger partial charge in [0.25, 0.3) is 0 Å². The van der Waals surface area contributed by atoms with Gasteiger partial charge in [-0.15, -0.1) is 0 Å². The van der Waals surface area contributed by atoms with Crippen molar-refractivity contribution in [1.82, 2.24) is 0 Å². The fourth-order valence-corrected chi connectivity index (χ4v) is 1.41. The molecule has 1 nitrogen and oxygen atoms in total. The molecule has 0 unspecified atom stereocenters. The van der Waals surface area contributed by atoms with Crippen LogP contribution in [0.15, 0.2) is 0 Å². The highest BCUT2D eigenvalue weighted by molar-refractivity contribution is 8.00. The molecule has 0 aliphatic carbocycles. The van der Waals surface area contributed by atoms with Crippen molar-refractivity contribution < 1.29 is 5.11 Å². The van der Waals surface area contributed by atoms with Crippen molar-refractivity contribution in [2.24, 2.45) is 5.92 Å². The Morgan fingerprint density at radius 3 is 2.20 bits per heavy atom. The van der Waals surface area contributed by atoms with Crippen LogP contribution in [0, 0.1) is 5.92 Å². The highest BCUT2D eigenvalue weighted by atomic mass is 32.2. The summed E-state index contributed by atoms with van der Waals surface area (Å²) in [6.07, 6.45) is 0. The van der Waals surface area contributed by atoms with Gasteiger partial charge >= 0.3 is 0 Å². The predicted octanol–water partition coefficient (Wildman–Crippen LogP) is 2.58. The summed E-state index contributed by atoms with van der Waals surface area (Å²) in [5.41, 5.74) is 0. The van der Waals surface area contributed by atoms with Crippen molar-refractivity contribution in [1.29, 1.82) is 0 Å². The Morgan fingerprint density at radius 2 is 1.90 bits per heavy atom. The van der Waals surface area contributed by atoms with E-state index in [9.17, 15) is 5.11 Å². The monoisotopic (exact) mass is 161 g/mol. The molecule has 1 radical (unpaired) electrons. The fourth-order valence-electron chi connectivity index (χ4n) is 0.471. The predicted molar refractivity (Wildman–Crippen MR) is 46.9 cm³/mol. The maximum absolute atomic E-state index is 10.2. The van der Waals surface area contributed by atoms with Crippen LogP contribution in [-0.4, -0.2) is 17.1 Å². The Labute approximate surface area is 68.2 Å². The minimum atomic E-state index is 0.0425. The van der Waals surface area contributed by atoms with Crippen molar-refractivity contribution >= 4 is 11.8 Å². The zero-order valence-electron chi connectivity index (χ0n) is 7.31. The van der Waals surface area contributed by atoms with Gasteiger partial charge in [0.05, 0.1) is 6.61 Å². The van der Waals surface area contributed by atoms with Gasteiger partial charge in [-0.25, -0.2) is 5.11 Å². The van der Waals surface area contributed by atoms with Gasteiger partial charge in [-0.2, -0.15) is 11.8 Å². The minimum absolute atomic E-state index is 0.0425. The second-order valence-corrected chi connectivity index (χ2v) is 5.06. The SMILES string of the molecule is CC(C)C(C)(C)SCC[O]. The number of rotatable bonds is 4. The molecule has 0 aromatic carbocycles. The first-order valence-corrected chi connectivity index (χ1v) is 4.71. The molecular weight excluding hydrogens is 144 g/mol. The fraction of sp³-hybridized carbons (Fsp3) is 1.00. The lowest BCUT2D eigenvalue weighted by molar-refractivity contribution is 0.215. The zero-order valence-corrected chi connectivity index (χ0v) is 8.12. The Kier molecular flexibility index (Phi) is 4.37. The highest BCUT2D eigenvalue weighted by Gasteiger charge is 2.21. The smallest absolute Gasteiger partial charge is 0.0912 e. The number of hydrogen-bond acceptors (Lipinski definition) is 1. The normalized spacial score (nSPS) is 12.6. The van der Waals surface area contributed by atoms with Crippen molar-refractivity contribution in [3.8, 4) is 0 Å². The lowest BCUT2D eigenvalue weighted by Gasteiger charge is -2.27.